The number of likely N-dealkylation sites (N-methyl/N-ethyl adjacent to an activating group) is 1. The predicted molar refractivity (Wildman–Crippen MR) is 80.6 cm³/mol. The van der Waals surface area contributed by atoms with Crippen molar-refractivity contribution in [2.45, 2.75) is 59.5 Å². The van der Waals surface area contributed by atoms with Crippen LogP contribution in [0.15, 0.2) is 0 Å². The maximum atomic E-state index is 12.1. The maximum absolute atomic E-state index is 12.1. The zero-order valence-corrected chi connectivity index (χ0v) is 13.6. The van der Waals surface area contributed by atoms with Gasteiger partial charge in [-0.2, -0.15) is 0 Å². The van der Waals surface area contributed by atoms with E-state index in [0.29, 0.717) is 5.92 Å². The van der Waals surface area contributed by atoms with E-state index in [0.717, 1.165) is 12.8 Å². The summed E-state index contributed by atoms with van der Waals surface area (Å²) in [4.78, 5) is 24.9. The van der Waals surface area contributed by atoms with Gasteiger partial charge in [0.1, 0.15) is 6.04 Å². The highest BCUT2D eigenvalue weighted by Crippen LogP contribution is 2.10. The highest BCUT2D eigenvalue weighted by molar-refractivity contribution is 5.80. The van der Waals surface area contributed by atoms with Crippen molar-refractivity contribution in [3.05, 3.63) is 0 Å². The van der Waals surface area contributed by atoms with Gasteiger partial charge in [-0.25, -0.2) is 0 Å². The molecule has 0 aromatic rings. The van der Waals surface area contributed by atoms with Crippen molar-refractivity contribution < 1.29 is 14.7 Å². The van der Waals surface area contributed by atoms with Crippen molar-refractivity contribution in [1.82, 2.24) is 10.2 Å². The summed E-state index contributed by atoms with van der Waals surface area (Å²) in [6.07, 6.45) is 1.70. The Bertz CT molecular complexity index is 318. The molecule has 5 heteroatoms. The van der Waals surface area contributed by atoms with E-state index in [1.807, 2.05) is 20.8 Å². The van der Waals surface area contributed by atoms with E-state index in [2.05, 4.69) is 19.2 Å². The lowest BCUT2D eigenvalue weighted by atomic mass is 9.99. The summed E-state index contributed by atoms with van der Waals surface area (Å²) >= 11 is 0. The Balaban J connectivity index is 4.41. The van der Waals surface area contributed by atoms with Gasteiger partial charge in [0.2, 0.25) is 5.91 Å². The first-order chi connectivity index (χ1) is 9.20. The highest BCUT2D eigenvalue weighted by atomic mass is 16.4. The van der Waals surface area contributed by atoms with Gasteiger partial charge in [-0.3, -0.25) is 14.9 Å². The number of hydrogen-bond acceptors (Lipinski definition) is 3. The van der Waals surface area contributed by atoms with E-state index in [1.165, 1.54) is 0 Å². The molecule has 0 radical (unpaired) electrons. The van der Waals surface area contributed by atoms with Crippen molar-refractivity contribution in [3.63, 3.8) is 0 Å². The average Bonchev–Trinajstić information content (AvgIpc) is 2.35. The Labute approximate surface area is 122 Å². The van der Waals surface area contributed by atoms with Crippen LogP contribution in [0.5, 0.6) is 0 Å². The molecule has 0 aromatic carbocycles. The normalized spacial score (nSPS) is 15.8. The minimum absolute atomic E-state index is 0.00121. The summed E-state index contributed by atoms with van der Waals surface area (Å²) in [6, 6.07) is -0.506. The molecule has 1 amide bonds. The number of nitrogens with one attached hydrogen (secondary N) is 1. The predicted octanol–water partition coefficient (Wildman–Crippen LogP) is 1.97. The third-order valence-corrected chi connectivity index (χ3v) is 3.82. The van der Waals surface area contributed by atoms with Gasteiger partial charge in [-0.1, -0.05) is 34.1 Å². The standard InChI is InChI=1S/C15H30N2O3/c1-7-11(4)14(15(19)20)16-9-13(18)17(6)12(5)8-10(2)3/h10-12,14,16H,7-9H2,1-6H3,(H,19,20)/t11-,12?,14-/m0/s1. The number of hydrogen-bond donors (Lipinski definition) is 2. The second-order valence-electron chi connectivity index (χ2n) is 6.07. The fourth-order valence-corrected chi connectivity index (χ4v) is 2.18. The minimum atomic E-state index is -0.898. The van der Waals surface area contributed by atoms with E-state index in [-0.39, 0.29) is 24.4 Å². The van der Waals surface area contributed by atoms with Gasteiger partial charge < -0.3 is 10.0 Å². The third-order valence-electron chi connectivity index (χ3n) is 3.82. The fourth-order valence-electron chi connectivity index (χ4n) is 2.18. The molecule has 0 aliphatic rings. The largest absolute Gasteiger partial charge is 0.480 e. The molecule has 20 heavy (non-hydrogen) atoms. The van der Waals surface area contributed by atoms with Gasteiger partial charge in [0, 0.05) is 13.1 Å². The number of carbonyl (C=O) groups is 2. The Kier molecular flexibility index (Phi) is 8.46. The fraction of sp³-hybridized carbons (Fsp3) is 0.867. The maximum Gasteiger partial charge on any atom is 0.320 e. The van der Waals surface area contributed by atoms with Crippen LogP contribution in [0.3, 0.4) is 0 Å². The first kappa shape index (κ1) is 18.9. The topological polar surface area (TPSA) is 69.6 Å². The number of carboxylic acid groups (broad SMARTS) is 1. The monoisotopic (exact) mass is 286 g/mol. The van der Waals surface area contributed by atoms with E-state index >= 15 is 0 Å². The lowest BCUT2D eigenvalue weighted by molar-refractivity contribution is -0.141. The summed E-state index contributed by atoms with van der Waals surface area (Å²) in [5, 5.41) is 12.0. The molecule has 118 valence electrons. The molecule has 0 aliphatic carbocycles. The number of amides is 1. The van der Waals surface area contributed by atoms with Gasteiger partial charge in [0.25, 0.3) is 0 Å². The van der Waals surface area contributed by atoms with E-state index < -0.39 is 12.0 Å². The number of carboxylic acids is 1. The molecule has 1 unspecified atom stereocenters. The molecule has 0 aliphatic heterocycles. The second kappa shape index (κ2) is 8.95. The average molecular weight is 286 g/mol. The van der Waals surface area contributed by atoms with E-state index in [9.17, 15) is 9.59 Å². The third kappa shape index (κ3) is 6.37. The Morgan fingerprint density at radius 3 is 2.15 bits per heavy atom. The molecule has 0 saturated carbocycles. The molecular formula is C15H30N2O3. The van der Waals surface area contributed by atoms with Crippen LogP contribution in [0.1, 0.15) is 47.5 Å². The smallest absolute Gasteiger partial charge is 0.320 e. The summed E-state index contributed by atoms with van der Waals surface area (Å²) in [5.41, 5.74) is 0. The van der Waals surface area contributed by atoms with Crippen LogP contribution in [0, 0.1) is 11.8 Å². The van der Waals surface area contributed by atoms with E-state index in [1.54, 1.807) is 11.9 Å². The summed E-state index contributed by atoms with van der Waals surface area (Å²) in [6.45, 7) is 10.1. The van der Waals surface area contributed by atoms with Gasteiger partial charge in [0.15, 0.2) is 0 Å². The Morgan fingerprint density at radius 2 is 1.75 bits per heavy atom. The van der Waals surface area contributed by atoms with Crippen molar-refractivity contribution in [2.24, 2.45) is 11.8 Å². The van der Waals surface area contributed by atoms with Gasteiger partial charge in [0.05, 0.1) is 6.54 Å². The van der Waals surface area contributed by atoms with Crippen LogP contribution in [0.2, 0.25) is 0 Å². The van der Waals surface area contributed by atoms with Crippen LogP contribution in [0.25, 0.3) is 0 Å². The molecule has 0 spiro atoms. The van der Waals surface area contributed by atoms with E-state index in [4.69, 9.17) is 5.11 Å². The first-order valence-electron chi connectivity index (χ1n) is 7.42. The van der Waals surface area contributed by atoms with Crippen LogP contribution in [-0.4, -0.2) is 47.6 Å². The SMILES string of the molecule is CC[C@H](C)[C@H](NCC(=O)N(C)C(C)CC(C)C)C(=O)O. The quantitative estimate of drug-likeness (QED) is 0.680. The molecule has 0 heterocycles. The van der Waals surface area contributed by atoms with Gasteiger partial charge in [-0.15, -0.1) is 0 Å². The van der Waals surface area contributed by atoms with Crippen molar-refractivity contribution >= 4 is 11.9 Å². The Hall–Kier alpha value is -1.10. The molecular weight excluding hydrogens is 256 g/mol. The Morgan fingerprint density at radius 1 is 1.20 bits per heavy atom. The van der Waals surface area contributed by atoms with Crippen LogP contribution in [0.4, 0.5) is 0 Å². The van der Waals surface area contributed by atoms with Crippen molar-refractivity contribution in [3.8, 4) is 0 Å². The summed E-state index contributed by atoms with van der Waals surface area (Å²) < 4.78 is 0. The summed E-state index contributed by atoms with van der Waals surface area (Å²) in [5.74, 6) is -0.434. The number of aliphatic carboxylic acids is 1. The zero-order chi connectivity index (χ0) is 15.9. The molecule has 2 N–H and O–H groups in total. The van der Waals surface area contributed by atoms with Crippen molar-refractivity contribution in [1.29, 1.82) is 0 Å². The highest BCUT2D eigenvalue weighted by Gasteiger charge is 2.25. The van der Waals surface area contributed by atoms with Gasteiger partial charge >= 0.3 is 5.97 Å². The lowest BCUT2D eigenvalue weighted by Crippen LogP contribution is -2.48. The molecule has 0 rings (SSSR count). The zero-order valence-electron chi connectivity index (χ0n) is 13.6. The first-order valence-corrected chi connectivity index (χ1v) is 7.42. The number of rotatable bonds is 9. The van der Waals surface area contributed by atoms with Crippen LogP contribution < -0.4 is 5.32 Å². The van der Waals surface area contributed by atoms with Crippen molar-refractivity contribution in [2.75, 3.05) is 13.6 Å². The van der Waals surface area contributed by atoms with Crippen LogP contribution in [-0.2, 0) is 9.59 Å². The molecule has 0 fully saturated rings. The number of carbonyl (C=O) groups excluding carboxylic acids is 1. The lowest BCUT2D eigenvalue weighted by Gasteiger charge is -2.28. The molecule has 3 atom stereocenters. The molecule has 5 nitrogen and oxygen atoms in total. The number of nitrogens with zero attached hydrogens (tertiary/aromatic N) is 1. The van der Waals surface area contributed by atoms with Crippen LogP contribution >= 0.6 is 0 Å². The summed E-state index contributed by atoms with van der Waals surface area (Å²) in [7, 11) is 1.77. The molecule has 0 bridgehead atoms. The molecule has 0 saturated heterocycles. The minimum Gasteiger partial charge on any atom is -0.480 e. The van der Waals surface area contributed by atoms with Gasteiger partial charge in [-0.05, 0) is 25.2 Å². The molecule has 0 aromatic heterocycles. The second-order valence-corrected chi connectivity index (χ2v) is 6.07.